The molecular weight excluding hydrogens is 340 g/mol. The molecule has 132 valence electrons. The van der Waals surface area contributed by atoms with Gasteiger partial charge in [0, 0.05) is 17.0 Å². The van der Waals surface area contributed by atoms with Gasteiger partial charge in [-0.2, -0.15) is 0 Å². The molecule has 0 radical (unpaired) electrons. The van der Waals surface area contributed by atoms with Crippen molar-refractivity contribution in [3.8, 4) is 11.5 Å². The zero-order chi connectivity index (χ0) is 18.0. The van der Waals surface area contributed by atoms with Gasteiger partial charge in [0.15, 0.2) is 0 Å². The molecular formula is C19H21ClN2O3. The molecule has 2 aromatic rings. The molecule has 0 unspecified atom stereocenters. The highest BCUT2D eigenvalue weighted by atomic mass is 35.5. The molecule has 0 fully saturated rings. The van der Waals surface area contributed by atoms with Crippen LogP contribution in [0.3, 0.4) is 0 Å². The molecule has 0 aliphatic carbocycles. The normalized spacial score (nSPS) is 17.8. The zero-order valence-corrected chi connectivity index (χ0v) is 15.2. The van der Waals surface area contributed by atoms with Crippen LogP contribution >= 0.6 is 11.6 Å². The molecule has 2 aromatic carbocycles. The second-order valence-electron chi connectivity index (χ2n) is 6.60. The van der Waals surface area contributed by atoms with Gasteiger partial charge in [0.1, 0.15) is 17.1 Å². The number of fused-ring (bicyclic) bond motifs is 1. The van der Waals surface area contributed by atoms with Crippen molar-refractivity contribution < 1.29 is 14.3 Å². The van der Waals surface area contributed by atoms with Crippen molar-refractivity contribution in [2.24, 2.45) is 0 Å². The van der Waals surface area contributed by atoms with E-state index in [1.807, 2.05) is 38.1 Å². The Morgan fingerprint density at radius 3 is 2.80 bits per heavy atom. The number of benzene rings is 2. The second kappa shape index (κ2) is 6.84. The summed E-state index contributed by atoms with van der Waals surface area (Å²) in [6, 6.07) is 12.2. The molecule has 5 nitrogen and oxygen atoms in total. The van der Waals surface area contributed by atoms with Gasteiger partial charge < -0.3 is 20.1 Å². The first-order valence-electron chi connectivity index (χ1n) is 8.07. The van der Waals surface area contributed by atoms with Crippen molar-refractivity contribution in [2.75, 3.05) is 12.4 Å². The Morgan fingerprint density at radius 1 is 1.28 bits per heavy atom. The van der Waals surface area contributed by atoms with Crippen LogP contribution in [0.5, 0.6) is 11.5 Å². The number of methoxy groups -OCH3 is 1. The van der Waals surface area contributed by atoms with E-state index in [1.165, 1.54) is 0 Å². The number of carbonyl (C=O) groups is 1. The Bertz CT molecular complexity index is 792. The number of para-hydroxylation sites is 2. The van der Waals surface area contributed by atoms with Crippen LogP contribution in [0.2, 0.25) is 5.02 Å². The highest BCUT2D eigenvalue weighted by Gasteiger charge is 2.34. The lowest BCUT2D eigenvalue weighted by atomic mass is 9.90. The molecule has 2 amide bonds. The number of nitrogens with one attached hydrogen (secondary N) is 2. The quantitative estimate of drug-likeness (QED) is 0.828. The summed E-state index contributed by atoms with van der Waals surface area (Å²) in [6.45, 7) is 3.99. The fourth-order valence-electron chi connectivity index (χ4n) is 3.02. The lowest BCUT2D eigenvalue weighted by Gasteiger charge is -2.38. The van der Waals surface area contributed by atoms with Gasteiger partial charge in [0.05, 0.1) is 18.8 Å². The third-order valence-corrected chi connectivity index (χ3v) is 4.32. The first-order valence-corrected chi connectivity index (χ1v) is 8.45. The summed E-state index contributed by atoms with van der Waals surface area (Å²) in [5, 5.41) is 6.46. The number of halogens is 1. The van der Waals surface area contributed by atoms with Gasteiger partial charge in [-0.3, -0.25) is 0 Å². The van der Waals surface area contributed by atoms with Crippen molar-refractivity contribution in [2.45, 2.75) is 31.9 Å². The van der Waals surface area contributed by atoms with Crippen LogP contribution in [0, 0.1) is 0 Å². The average molecular weight is 361 g/mol. The summed E-state index contributed by atoms with van der Waals surface area (Å²) in [6.07, 6.45) is 0.639. The molecule has 0 bridgehead atoms. The number of hydrogen-bond donors (Lipinski definition) is 2. The molecule has 1 atom stereocenters. The summed E-state index contributed by atoms with van der Waals surface area (Å²) in [7, 11) is 1.57. The molecule has 1 aliphatic heterocycles. The maximum absolute atomic E-state index is 12.5. The van der Waals surface area contributed by atoms with E-state index in [1.54, 1.807) is 25.3 Å². The van der Waals surface area contributed by atoms with Gasteiger partial charge >= 0.3 is 6.03 Å². The minimum atomic E-state index is -0.386. The van der Waals surface area contributed by atoms with Crippen molar-refractivity contribution >= 4 is 23.3 Å². The molecule has 0 saturated heterocycles. The largest absolute Gasteiger partial charge is 0.495 e. The minimum Gasteiger partial charge on any atom is -0.495 e. The molecule has 0 saturated carbocycles. The zero-order valence-electron chi connectivity index (χ0n) is 14.4. The average Bonchev–Trinajstić information content (AvgIpc) is 2.55. The molecule has 0 spiro atoms. The van der Waals surface area contributed by atoms with E-state index >= 15 is 0 Å². The minimum absolute atomic E-state index is 0.202. The van der Waals surface area contributed by atoms with Crippen LogP contribution in [-0.2, 0) is 0 Å². The van der Waals surface area contributed by atoms with E-state index in [4.69, 9.17) is 21.1 Å². The first-order chi connectivity index (χ1) is 11.9. The third kappa shape index (κ3) is 3.99. The van der Waals surface area contributed by atoms with Crippen LogP contribution in [0.1, 0.15) is 31.9 Å². The Morgan fingerprint density at radius 2 is 2.04 bits per heavy atom. The SMILES string of the molecule is COc1ccccc1NC(=O)N[C@@H]1CC(C)(C)Oc2ccc(Cl)cc21. The number of ether oxygens (including phenoxy) is 2. The lowest BCUT2D eigenvalue weighted by Crippen LogP contribution is -2.42. The topological polar surface area (TPSA) is 59.6 Å². The predicted molar refractivity (Wildman–Crippen MR) is 98.7 cm³/mol. The van der Waals surface area contributed by atoms with Gasteiger partial charge in [0.25, 0.3) is 0 Å². The number of amides is 2. The highest BCUT2D eigenvalue weighted by molar-refractivity contribution is 6.30. The maximum Gasteiger partial charge on any atom is 0.319 e. The summed E-state index contributed by atoms with van der Waals surface area (Å²) >= 11 is 6.12. The fraction of sp³-hybridized carbons (Fsp3) is 0.316. The summed E-state index contributed by atoms with van der Waals surface area (Å²) < 4.78 is 11.3. The highest BCUT2D eigenvalue weighted by Crippen LogP contribution is 2.40. The van der Waals surface area contributed by atoms with Crippen molar-refractivity contribution in [3.63, 3.8) is 0 Å². The molecule has 2 N–H and O–H groups in total. The molecule has 25 heavy (non-hydrogen) atoms. The monoisotopic (exact) mass is 360 g/mol. The molecule has 3 rings (SSSR count). The molecule has 6 heteroatoms. The summed E-state index contributed by atoms with van der Waals surface area (Å²) in [5.41, 5.74) is 1.10. The van der Waals surface area contributed by atoms with Gasteiger partial charge in [0.2, 0.25) is 0 Å². The number of hydrogen-bond acceptors (Lipinski definition) is 3. The van der Waals surface area contributed by atoms with Crippen LogP contribution in [0.25, 0.3) is 0 Å². The summed E-state index contributed by atoms with van der Waals surface area (Å²) in [5.74, 6) is 1.34. The van der Waals surface area contributed by atoms with E-state index < -0.39 is 0 Å². The summed E-state index contributed by atoms with van der Waals surface area (Å²) in [4.78, 5) is 12.5. The Kier molecular flexibility index (Phi) is 4.77. The van der Waals surface area contributed by atoms with E-state index in [0.717, 1.165) is 11.3 Å². The van der Waals surface area contributed by atoms with Crippen molar-refractivity contribution in [1.29, 1.82) is 0 Å². The Hall–Kier alpha value is -2.40. The van der Waals surface area contributed by atoms with E-state index in [2.05, 4.69) is 10.6 Å². The van der Waals surface area contributed by atoms with Gasteiger partial charge in [-0.25, -0.2) is 4.79 Å². The van der Waals surface area contributed by atoms with E-state index in [9.17, 15) is 4.79 Å². The van der Waals surface area contributed by atoms with Crippen LogP contribution in [0.4, 0.5) is 10.5 Å². The Labute approximate surface area is 152 Å². The van der Waals surface area contributed by atoms with Crippen molar-refractivity contribution in [3.05, 3.63) is 53.1 Å². The molecule has 0 aromatic heterocycles. The lowest BCUT2D eigenvalue weighted by molar-refractivity contribution is 0.0683. The number of anilines is 1. The fourth-order valence-corrected chi connectivity index (χ4v) is 3.20. The maximum atomic E-state index is 12.5. The van der Waals surface area contributed by atoms with Crippen molar-refractivity contribution in [1.82, 2.24) is 5.32 Å². The first kappa shape index (κ1) is 17.4. The smallest absolute Gasteiger partial charge is 0.319 e. The molecule has 1 heterocycles. The Balaban J connectivity index is 1.80. The van der Waals surface area contributed by atoms with Crippen LogP contribution in [0.15, 0.2) is 42.5 Å². The van der Waals surface area contributed by atoms with Crippen LogP contribution in [-0.4, -0.2) is 18.7 Å². The number of urea groups is 1. The predicted octanol–water partition coefficient (Wildman–Crippen LogP) is 4.77. The van der Waals surface area contributed by atoms with Gasteiger partial charge in [-0.05, 0) is 44.2 Å². The number of carbonyl (C=O) groups excluding carboxylic acids is 1. The van der Waals surface area contributed by atoms with Gasteiger partial charge in [-0.1, -0.05) is 23.7 Å². The van der Waals surface area contributed by atoms with Crippen LogP contribution < -0.4 is 20.1 Å². The standard InChI is InChI=1S/C19H21ClN2O3/c1-19(2)11-15(13-10-12(20)8-9-16(13)25-19)22-18(23)21-14-6-4-5-7-17(14)24-3/h4-10,15H,11H2,1-3H3,(H2,21,22,23)/t15-/m1/s1. The third-order valence-electron chi connectivity index (χ3n) is 4.09. The molecule has 1 aliphatic rings. The van der Waals surface area contributed by atoms with E-state index in [0.29, 0.717) is 22.9 Å². The second-order valence-corrected chi connectivity index (χ2v) is 7.04. The van der Waals surface area contributed by atoms with Gasteiger partial charge in [-0.15, -0.1) is 0 Å². The number of rotatable bonds is 3. The van der Waals surface area contributed by atoms with E-state index in [-0.39, 0.29) is 17.7 Å².